The third-order valence-corrected chi connectivity index (χ3v) is 7.44. The van der Waals surface area contributed by atoms with E-state index in [1.54, 1.807) is 36.4 Å². The number of carbonyl (C=O) groups is 1. The summed E-state index contributed by atoms with van der Waals surface area (Å²) >= 11 is 6.36. The Kier molecular flexibility index (Phi) is 6.13. The molecule has 0 radical (unpaired) electrons. The van der Waals surface area contributed by atoms with Crippen LogP contribution in [0.2, 0.25) is 5.02 Å². The molecule has 6 nitrogen and oxygen atoms in total. The Morgan fingerprint density at radius 1 is 1.12 bits per heavy atom. The van der Waals surface area contributed by atoms with E-state index in [2.05, 4.69) is 0 Å². The number of carboxylic acids is 1. The van der Waals surface area contributed by atoms with Gasteiger partial charge in [-0.15, -0.1) is 0 Å². The van der Waals surface area contributed by atoms with Gasteiger partial charge < -0.3 is 9.84 Å². The van der Waals surface area contributed by atoms with Crippen LogP contribution in [-0.4, -0.2) is 32.1 Å². The first-order chi connectivity index (χ1) is 15.3. The number of carboxylic acid groups (broad SMARTS) is 1. The number of anilines is 1. The van der Waals surface area contributed by atoms with Gasteiger partial charge in [0.25, 0.3) is 10.0 Å². The Morgan fingerprint density at radius 2 is 1.91 bits per heavy atom. The molecule has 8 heteroatoms. The summed E-state index contributed by atoms with van der Waals surface area (Å²) in [5.41, 5.74) is 2.76. The average molecular weight is 472 g/mol. The van der Waals surface area contributed by atoms with Gasteiger partial charge in [0, 0.05) is 17.0 Å². The van der Waals surface area contributed by atoms with Gasteiger partial charge >= 0.3 is 5.97 Å². The lowest BCUT2D eigenvalue weighted by atomic mass is 10.0. The highest BCUT2D eigenvalue weighted by Gasteiger charge is 2.35. The molecule has 166 valence electrons. The van der Waals surface area contributed by atoms with E-state index >= 15 is 0 Å². The fourth-order valence-electron chi connectivity index (χ4n) is 3.74. The van der Waals surface area contributed by atoms with Gasteiger partial charge in [-0.25, -0.2) is 8.42 Å². The van der Waals surface area contributed by atoms with Crippen molar-refractivity contribution < 1.29 is 23.1 Å². The van der Waals surface area contributed by atoms with E-state index in [1.165, 1.54) is 4.31 Å². The zero-order chi connectivity index (χ0) is 22.9. The maximum absolute atomic E-state index is 13.6. The molecule has 0 saturated heterocycles. The van der Waals surface area contributed by atoms with E-state index in [0.29, 0.717) is 16.5 Å². The molecule has 1 N–H and O–H groups in total. The summed E-state index contributed by atoms with van der Waals surface area (Å²) in [6.07, 6.45) is -0.499. The third-order valence-electron chi connectivity index (χ3n) is 5.33. The predicted octanol–water partition coefficient (Wildman–Crippen LogP) is 5.14. The number of fused-ring (bicyclic) bond motifs is 1. The predicted molar refractivity (Wildman–Crippen MR) is 124 cm³/mol. The lowest BCUT2D eigenvalue weighted by molar-refractivity contribution is -0.137. The van der Waals surface area contributed by atoms with Crippen molar-refractivity contribution in [2.45, 2.75) is 30.8 Å². The minimum Gasteiger partial charge on any atom is -0.486 e. The van der Waals surface area contributed by atoms with Gasteiger partial charge in [0.15, 0.2) is 0 Å². The molecule has 0 bridgehead atoms. The minimum atomic E-state index is -3.91. The summed E-state index contributed by atoms with van der Waals surface area (Å²) < 4.78 is 34.6. The van der Waals surface area contributed by atoms with Crippen molar-refractivity contribution in [1.82, 2.24) is 0 Å². The van der Waals surface area contributed by atoms with E-state index in [-0.39, 0.29) is 24.3 Å². The number of hydrogen-bond donors (Lipinski definition) is 1. The van der Waals surface area contributed by atoms with Crippen LogP contribution < -0.4 is 9.04 Å². The number of hydrogen-bond acceptors (Lipinski definition) is 4. The number of nitrogens with zero attached hydrogens (tertiary/aromatic N) is 1. The van der Waals surface area contributed by atoms with Crippen LogP contribution in [0.25, 0.3) is 11.1 Å². The number of aliphatic carboxylic acids is 1. The molecule has 0 aromatic heterocycles. The van der Waals surface area contributed by atoms with Crippen molar-refractivity contribution in [1.29, 1.82) is 0 Å². The van der Waals surface area contributed by atoms with Crippen molar-refractivity contribution in [3.63, 3.8) is 0 Å². The second kappa shape index (κ2) is 8.84. The monoisotopic (exact) mass is 471 g/mol. The molecule has 1 atom stereocenters. The summed E-state index contributed by atoms with van der Waals surface area (Å²) in [7, 11) is -3.91. The van der Waals surface area contributed by atoms with E-state index in [0.717, 1.165) is 16.7 Å². The van der Waals surface area contributed by atoms with Crippen molar-refractivity contribution in [2.24, 2.45) is 0 Å². The fraction of sp³-hybridized carbons (Fsp3) is 0.208. The average Bonchev–Trinajstić information content (AvgIpc) is 2.77. The molecule has 0 unspecified atom stereocenters. The van der Waals surface area contributed by atoms with Crippen LogP contribution in [0.15, 0.2) is 71.6 Å². The van der Waals surface area contributed by atoms with E-state index in [4.69, 9.17) is 21.4 Å². The number of benzene rings is 3. The second-order valence-electron chi connectivity index (χ2n) is 7.69. The Bertz CT molecular complexity index is 1270. The number of sulfonamides is 1. The zero-order valence-electron chi connectivity index (χ0n) is 17.4. The Hall–Kier alpha value is -3.03. The SMILES string of the molecule is Cc1cccc(S(=O)(=O)N2C[C@H](CCC(=O)O)Oc3ccc(-c4ccccc4Cl)cc32)c1. The zero-order valence-corrected chi connectivity index (χ0v) is 18.9. The molecule has 3 aromatic rings. The molecule has 4 rings (SSSR count). The van der Waals surface area contributed by atoms with Gasteiger partial charge in [-0.1, -0.05) is 48.0 Å². The molecule has 1 heterocycles. The number of rotatable bonds is 6. The first-order valence-corrected chi connectivity index (χ1v) is 11.9. The van der Waals surface area contributed by atoms with Crippen molar-refractivity contribution in [3.05, 3.63) is 77.3 Å². The minimum absolute atomic E-state index is 0.0164. The highest BCUT2D eigenvalue weighted by atomic mass is 35.5. The molecule has 0 fully saturated rings. The van der Waals surface area contributed by atoms with Gasteiger partial charge in [0.05, 0.1) is 17.1 Å². The number of ether oxygens (including phenoxy) is 1. The smallest absolute Gasteiger partial charge is 0.303 e. The van der Waals surface area contributed by atoms with E-state index in [1.807, 2.05) is 37.3 Å². The topological polar surface area (TPSA) is 83.9 Å². The fourth-order valence-corrected chi connectivity index (χ4v) is 5.59. The highest BCUT2D eigenvalue weighted by molar-refractivity contribution is 7.92. The quantitative estimate of drug-likeness (QED) is 0.538. The summed E-state index contributed by atoms with van der Waals surface area (Å²) in [4.78, 5) is 11.2. The standard InChI is InChI=1S/C24H22ClNO5S/c1-16-5-4-6-19(13-16)32(29,30)26-15-18(10-12-24(27)28)31-23-11-9-17(14-22(23)26)20-7-2-3-8-21(20)25/h2-9,11,13-14,18H,10,12,15H2,1H3,(H,27,28)/t18-/m0/s1. The molecule has 1 aliphatic heterocycles. The third kappa shape index (κ3) is 4.45. The van der Waals surface area contributed by atoms with Crippen LogP contribution in [0.4, 0.5) is 5.69 Å². The molecule has 0 spiro atoms. The van der Waals surface area contributed by atoms with E-state index < -0.39 is 22.1 Å². The van der Waals surface area contributed by atoms with Crippen LogP contribution in [0.5, 0.6) is 5.75 Å². The molecule has 3 aromatic carbocycles. The normalized spacial score (nSPS) is 15.7. The van der Waals surface area contributed by atoms with Crippen LogP contribution in [0.3, 0.4) is 0 Å². The lowest BCUT2D eigenvalue weighted by Gasteiger charge is -2.35. The summed E-state index contributed by atoms with van der Waals surface area (Å²) in [6.45, 7) is 1.85. The maximum atomic E-state index is 13.6. The summed E-state index contributed by atoms with van der Waals surface area (Å²) in [6, 6.07) is 19.3. The molecular formula is C24H22ClNO5S. The van der Waals surface area contributed by atoms with E-state index in [9.17, 15) is 13.2 Å². The largest absolute Gasteiger partial charge is 0.486 e. The number of aryl methyl sites for hydroxylation is 1. The van der Waals surface area contributed by atoms with Crippen LogP contribution in [-0.2, 0) is 14.8 Å². The molecule has 0 saturated carbocycles. The molecule has 1 aliphatic rings. The Labute approximate surface area is 192 Å². The Balaban J connectivity index is 1.81. The molecule has 32 heavy (non-hydrogen) atoms. The lowest BCUT2D eigenvalue weighted by Crippen LogP contribution is -2.43. The first-order valence-electron chi connectivity index (χ1n) is 10.1. The van der Waals surface area contributed by atoms with Gasteiger partial charge in [-0.05, 0) is 54.8 Å². The highest BCUT2D eigenvalue weighted by Crippen LogP contribution is 2.41. The Morgan fingerprint density at radius 3 is 2.62 bits per heavy atom. The molecular weight excluding hydrogens is 450 g/mol. The van der Waals surface area contributed by atoms with Crippen molar-refractivity contribution in [2.75, 3.05) is 10.8 Å². The van der Waals surface area contributed by atoms with Gasteiger partial charge in [0.2, 0.25) is 0 Å². The maximum Gasteiger partial charge on any atom is 0.303 e. The number of halogens is 1. The first kappa shape index (κ1) is 22.2. The van der Waals surface area contributed by atoms with Crippen molar-refractivity contribution in [3.8, 4) is 16.9 Å². The summed E-state index contributed by atoms with van der Waals surface area (Å²) in [5.74, 6) is -0.569. The summed E-state index contributed by atoms with van der Waals surface area (Å²) in [5, 5.41) is 9.61. The van der Waals surface area contributed by atoms with Gasteiger partial charge in [0.1, 0.15) is 11.9 Å². The van der Waals surface area contributed by atoms with Crippen molar-refractivity contribution >= 4 is 33.3 Å². The van der Waals surface area contributed by atoms with Crippen LogP contribution >= 0.6 is 11.6 Å². The van der Waals surface area contributed by atoms with Crippen LogP contribution in [0, 0.1) is 6.92 Å². The van der Waals surface area contributed by atoms with Gasteiger partial charge in [-0.2, -0.15) is 0 Å². The molecule has 0 amide bonds. The second-order valence-corrected chi connectivity index (χ2v) is 9.96. The van der Waals surface area contributed by atoms with Crippen LogP contribution in [0.1, 0.15) is 18.4 Å². The van der Waals surface area contributed by atoms with Gasteiger partial charge in [-0.3, -0.25) is 9.10 Å². The molecule has 0 aliphatic carbocycles.